The van der Waals surface area contributed by atoms with Crippen LogP contribution in [0.1, 0.15) is 41.8 Å². The maximum Gasteiger partial charge on any atom is 0.268 e. The highest BCUT2D eigenvalue weighted by atomic mass is 16.3. The van der Waals surface area contributed by atoms with Gasteiger partial charge in [-0.25, -0.2) is 5.84 Å². The van der Waals surface area contributed by atoms with Gasteiger partial charge in [0, 0.05) is 19.1 Å². The van der Waals surface area contributed by atoms with E-state index >= 15 is 0 Å². The number of nitrogen functional groups attached to an aromatic ring is 1. The summed E-state index contributed by atoms with van der Waals surface area (Å²) in [5.74, 6) is 5.62. The van der Waals surface area contributed by atoms with E-state index in [9.17, 15) is 4.79 Å². The quantitative estimate of drug-likeness (QED) is 0.491. The van der Waals surface area contributed by atoms with Crippen LogP contribution in [0.5, 0.6) is 0 Å². The van der Waals surface area contributed by atoms with Gasteiger partial charge in [-0.15, -0.1) is 0 Å². The van der Waals surface area contributed by atoms with Crippen LogP contribution in [0.4, 0.5) is 0 Å². The van der Waals surface area contributed by atoms with Crippen LogP contribution in [0.3, 0.4) is 0 Å². The van der Waals surface area contributed by atoms with E-state index in [1.807, 2.05) is 0 Å². The number of piperidine rings is 1. The minimum atomic E-state index is -0.287. The van der Waals surface area contributed by atoms with Gasteiger partial charge in [0.1, 0.15) is 5.76 Å². The number of carbonyl (C=O) groups excluding carboxylic acids is 1. The summed E-state index contributed by atoms with van der Waals surface area (Å²) in [6.07, 6.45) is 6.79. The van der Waals surface area contributed by atoms with Crippen LogP contribution in [0.25, 0.3) is 0 Å². The molecule has 116 valence electrons. The fraction of sp³-hybridized carbons (Fsp3) is 0.667. The number of amides is 1. The Bertz CT molecular complexity index is 482. The Morgan fingerprint density at radius 3 is 2.90 bits per heavy atom. The largest absolute Gasteiger partial charge is 0.467 e. The summed E-state index contributed by atoms with van der Waals surface area (Å²) in [6.45, 7) is 5.27. The zero-order chi connectivity index (χ0) is 14.7. The normalized spacial score (nSPS) is 24.3. The SMILES string of the molecule is NNC(=O)c1ccoc1CN1CCC(N2CCCCC2)C1. The van der Waals surface area contributed by atoms with Gasteiger partial charge in [-0.3, -0.25) is 20.0 Å². The number of nitrogens with one attached hydrogen (secondary N) is 1. The molecule has 0 radical (unpaired) electrons. The summed E-state index contributed by atoms with van der Waals surface area (Å²) in [5.41, 5.74) is 2.71. The Morgan fingerprint density at radius 1 is 1.33 bits per heavy atom. The molecule has 0 bridgehead atoms. The Labute approximate surface area is 125 Å². The molecule has 2 aliphatic heterocycles. The van der Waals surface area contributed by atoms with E-state index in [0.29, 0.717) is 23.9 Å². The average molecular weight is 292 g/mol. The number of hydrogen-bond acceptors (Lipinski definition) is 5. The van der Waals surface area contributed by atoms with Gasteiger partial charge in [0.05, 0.1) is 18.4 Å². The topological polar surface area (TPSA) is 74.7 Å². The first kappa shape index (κ1) is 14.6. The summed E-state index contributed by atoms with van der Waals surface area (Å²) < 4.78 is 5.46. The second-order valence-electron chi connectivity index (χ2n) is 6.01. The highest BCUT2D eigenvalue weighted by molar-refractivity contribution is 5.94. The van der Waals surface area contributed by atoms with Gasteiger partial charge < -0.3 is 4.42 Å². The predicted molar refractivity (Wildman–Crippen MR) is 79.5 cm³/mol. The Kier molecular flexibility index (Phi) is 4.57. The molecule has 3 rings (SSSR count). The highest BCUT2D eigenvalue weighted by Gasteiger charge is 2.29. The van der Waals surface area contributed by atoms with Crippen LogP contribution in [0, 0.1) is 0 Å². The molecule has 3 heterocycles. The third-order valence-electron chi connectivity index (χ3n) is 4.64. The molecule has 2 fully saturated rings. The van der Waals surface area contributed by atoms with Crippen molar-refractivity contribution < 1.29 is 9.21 Å². The Morgan fingerprint density at radius 2 is 2.14 bits per heavy atom. The second kappa shape index (κ2) is 6.60. The smallest absolute Gasteiger partial charge is 0.268 e. The van der Waals surface area contributed by atoms with E-state index in [0.717, 1.165) is 13.1 Å². The number of furan rings is 1. The van der Waals surface area contributed by atoms with Gasteiger partial charge in [-0.1, -0.05) is 6.42 Å². The first-order chi connectivity index (χ1) is 10.3. The molecule has 1 unspecified atom stereocenters. The molecular weight excluding hydrogens is 268 g/mol. The molecular formula is C15H24N4O2. The maximum atomic E-state index is 11.7. The number of hydrogen-bond donors (Lipinski definition) is 2. The number of nitrogens with zero attached hydrogens (tertiary/aromatic N) is 2. The molecule has 0 spiro atoms. The lowest BCUT2D eigenvalue weighted by Crippen LogP contribution is -2.40. The van der Waals surface area contributed by atoms with E-state index in [2.05, 4.69) is 15.2 Å². The molecule has 3 N–H and O–H groups in total. The van der Waals surface area contributed by atoms with Crippen LogP contribution in [0.2, 0.25) is 0 Å². The number of hydrazine groups is 1. The second-order valence-corrected chi connectivity index (χ2v) is 6.01. The van der Waals surface area contributed by atoms with Gasteiger partial charge in [0.25, 0.3) is 5.91 Å². The standard InChI is InChI=1S/C15H24N4O2/c16-17-15(20)13-5-9-21-14(13)11-18-8-4-12(10-18)19-6-2-1-3-7-19/h5,9,12H,1-4,6-8,10-11,16H2,(H,17,20). The van der Waals surface area contributed by atoms with Crippen molar-refractivity contribution in [1.29, 1.82) is 0 Å². The average Bonchev–Trinajstić information content (AvgIpc) is 3.17. The first-order valence-corrected chi connectivity index (χ1v) is 7.81. The summed E-state index contributed by atoms with van der Waals surface area (Å²) in [6, 6.07) is 2.34. The molecule has 2 saturated heterocycles. The summed E-state index contributed by atoms with van der Waals surface area (Å²) in [4.78, 5) is 16.6. The van der Waals surface area contributed by atoms with Gasteiger partial charge in [-0.05, 0) is 38.4 Å². The third-order valence-corrected chi connectivity index (χ3v) is 4.64. The van der Waals surface area contributed by atoms with E-state index in [4.69, 9.17) is 10.3 Å². The van der Waals surface area contributed by atoms with Gasteiger partial charge in [0.15, 0.2) is 0 Å². The lowest BCUT2D eigenvalue weighted by Gasteiger charge is -2.32. The lowest BCUT2D eigenvalue weighted by atomic mass is 10.1. The number of rotatable bonds is 4. The highest BCUT2D eigenvalue weighted by Crippen LogP contribution is 2.22. The van der Waals surface area contributed by atoms with Crippen LogP contribution in [-0.4, -0.2) is 47.9 Å². The van der Waals surface area contributed by atoms with Crippen molar-refractivity contribution in [2.24, 2.45) is 5.84 Å². The Balaban J connectivity index is 1.57. The van der Waals surface area contributed by atoms with Crippen molar-refractivity contribution in [2.45, 2.75) is 38.3 Å². The lowest BCUT2D eigenvalue weighted by molar-refractivity contribution is 0.0950. The molecule has 6 nitrogen and oxygen atoms in total. The van der Waals surface area contributed by atoms with Crippen molar-refractivity contribution in [3.8, 4) is 0 Å². The number of carbonyl (C=O) groups is 1. The molecule has 2 aliphatic rings. The molecule has 6 heteroatoms. The molecule has 1 aromatic rings. The van der Waals surface area contributed by atoms with Crippen LogP contribution in [0.15, 0.2) is 16.7 Å². The first-order valence-electron chi connectivity index (χ1n) is 7.81. The van der Waals surface area contributed by atoms with Crippen molar-refractivity contribution >= 4 is 5.91 Å². The zero-order valence-corrected chi connectivity index (χ0v) is 12.4. The van der Waals surface area contributed by atoms with E-state index < -0.39 is 0 Å². The molecule has 1 aromatic heterocycles. The fourth-order valence-electron chi connectivity index (χ4n) is 3.48. The van der Waals surface area contributed by atoms with Crippen molar-refractivity contribution in [1.82, 2.24) is 15.2 Å². The van der Waals surface area contributed by atoms with Crippen molar-refractivity contribution in [3.05, 3.63) is 23.7 Å². The van der Waals surface area contributed by atoms with Crippen LogP contribution in [-0.2, 0) is 6.54 Å². The molecule has 1 amide bonds. The minimum Gasteiger partial charge on any atom is -0.467 e. The number of nitrogens with two attached hydrogens (primary N) is 1. The summed E-state index contributed by atoms with van der Waals surface area (Å²) in [5, 5.41) is 0. The Hall–Kier alpha value is -1.37. The van der Waals surface area contributed by atoms with Gasteiger partial charge in [-0.2, -0.15) is 0 Å². The van der Waals surface area contributed by atoms with E-state index in [1.165, 1.54) is 38.8 Å². The van der Waals surface area contributed by atoms with Crippen LogP contribution >= 0.6 is 0 Å². The van der Waals surface area contributed by atoms with Crippen molar-refractivity contribution in [2.75, 3.05) is 26.2 Å². The monoisotopic (exact) mass is 292 g/mol. The van der Waals surface area contributed by atoms with Gasteiger partial charge >= 0.3 is 0 Å². The van der Waals surface area contributed by atoms with E-state index in [1.54, 1.807) is 12.3 Å². The summed E-state index contributed by atoms with van der Waals surface area (Å²) in [7, 11) is 0. The van der Waals surface area contributed by atoms with E-state index in [-0.39, 0.29) is 5.91 Å². The molecule has 1 atom stereocenters. The molecule has 0 aromatic carbocycles. The zero-order valence-electron chi connectivity index (χ0n) is 12.4. The maximum absolute atomic E-state index is 11.7. The summed E-state index contributed by atoms with van der Waals surface area (Å²) >= 11 is 0. The van der Waals surface area contributed by atoms with Gasteiger partial charge in [0.2, 0.25) is 0 Å². The number of likely N-dealkylation sites (tertiary alicyclic amines) is 2. The molecule has 21 heavy (non-hydrogen) atoms. The molecule has 0 aliphatic carbocycles. The molecule has 0 saturated carbocycles. The third kappa shape index (κ3) is 3.28. The van der Waals surface area contributed by atoms with Crippen molar-refractivity contribution in [3.63, 3.8) is 0 Å². The predicted octanol–water partition coefficient (Wildman–Crippen LogP) is 0.943. The fourth-order valence-corrected chi connectivity index (χ4v) is 3.48. The minimum absolute atomic E-state index is 0.287. The van der Waals surface area contributed by atoms with Crippen LogP contribution < -0.4 is 11.3 Å².